The van der Waals surface area contributed by atoms with Crippen LogP contribution in [0.25, 0.3) is 11.4 Å². The molecule has 0 atom stereocenters. The number of nitrogens with zero attached hydrogens (tertiary/aromatic N) is 3. The zero-order valence-corrected chi connectivity index (χ0v) is 16.7. The topological polar surface area (TPSA) is 128 Å². The highest BCUT2D eigenvalue weighted by Gasteiger charge is 2.17. The molecule has 3 rings (SSSR count). The molecule has 0 amide bonds. The Morgan fingerprint density at radius 1 is 1.31 bits per heavy atom. The van der Waals surface area contributed by atoms with Crippen molar-refractivity contribution in [2.45, 2.75) is 0 Å². The van der Waals surface area contributed by atoms with E-state index in [4.69, 9.17) is 32.2 Å². The van der Waals surface area contributed by atoms with Crippen molar-refractivity contribution in [3.05, 3.63) is 46.5 Å². The number of aromatic nitrogens is 3. The lowest BCUT2D eigenvalue weighted by Crippen LogP contribution is -2.04. The van der Waals surface area contributed by atoms with E-state index < -0.39 is 5.97 Å². The second kappa shape index (κ2) is 8.19. The maximum absolute atomic E-state index is 11.8. The van der Waals surface area contributed by atoms with E-state index in [0.717, 1.165) is 6.21 Å². The fourth-order valence-electron chi connectivity index (χ4n) is 2.70. The van der Waals surface area contributed by atoms with Gasteiger partial charge in [-0.05, 0) is 30.3 Å². The van der Waals surface area contributed by atoms with Gasteiger partial charge in [0.15, 0.2) is 5.82 Å². The second-order valence-corrected chi connectivity index (χ2v) is 6.37. The van der Waals surface area contributed by atoms with E-state index in [2.05, 4.69) is 15.4 Å². The van der Waals surface area contributed by atoms with Crippen molar-refractivity contribution in [1.82, 2.24) is 14.8 Å². The standard InChI is InChI=1S/C19H19ClN6O3/c1-26-19(23-14-7-6-13(22)12(9-21)16(14)20)24-17(25-26)10-4-5-11(18(27)29-3)15(8-10)28-2/h4-9,21H,22H2,1-3H3,(H,23,24,25). The highest BCUT2D eigenvalue weighted by atomic mass is 35.5. The number of hydrogen-bond acceptors (Lipinski definition) is 8. The molecule has 0 spiro atoms. The Hall–Kier alpha value is -3.59. The summed E-state index contributed by atoms with van der Waals surface area (Å²) in [5.41, 5.74) is 8.16. The quantitative estimate of drug-likeness (QED) is 0.321. The first-order chi connectivity index (χ1) is 13.9. The third-order valence-electron chi connectivity index (χ3n) is 4.23. The number of esters is 1. The molecule has 0 aliphatic carbocycles. The number of rotatable bonds is 6. The first-order valence-electron chi connectivity index (χ1n) is 8.42. The predicted octanol–water partition coefficient (Wildman–Crippen LogP) is 3.25. The van der Waals surface area contributed by atoms with Crippen LogP contribution >= 0.6 is 11.6 Å². The molecule has 0 fully saturated rings. The molecule has 4 N–H and O–H groups in total. The van der Waals surface area contributed by atoms with Crippen molar-refractivity contribution in [2.75, 3.05) is 25.3 Å². The molecule has 9 nitrogen and oxygen atoms in total. The maximum Gasteiger partial charge on any atom is 0.341 e. The number of nitrogens with two attached hydrogens (primary N) is 1. The van der Waals surface area contributed by atoms with Crippen LogP contribution in [-0.4, -0.2) is 41.2 Å². The molecule has 150 valence electrons. The summed E-state index contributed by atoms with van der Waals surface area (Å²) in [6, 6.07) is 8.32. The van der Waals surface area contributed by atoms with Crippen LogP contribution in [0.5, 0.6) is 5.75 Å². The number of hydrogen-bond donors (Lipinski definition) is 3. The zero-order valence-electron chi connectivity index (χ0n) is 16.0. The van der Waals surface area contributed by atoms with Gasteiger partial charge in [-0.3, -0.25) is 0 Å². The summed E-state index contributed by atoms with van der Waals surface area (Å²) < 4.78 is 11.6. The summed E-state index contributed by atoms with van der Waals surface area (Å²) in [4.78, 5) is 16.3. The minimum Gasteiger partial charge on any atom is -0.496 e. The van der Waals surface area contributed by atoms with Crippen LogP contribution in [0.2, 0.25) is 5.02 Å². The van der Waals surface area contributed by atoms with Crippen LogP contribution in [0, 0.1) is 5.41 Å². The Morgan fingerprint density at radius 2 is 2.07 bits per heavy atom. The monoisotopic (exact) mass is 414 g/mol. The van der Waals surface area contributed by atoms with Crippen molar-refractivity contribution >= 4 is 41.1 Å². The number of carbonyl (C=O) groups is 1. The number of methoxy groups -OCH3 is 2. The minimum absolute atomic E-state index is 0.306. The second-order valence-electron chi connectivity index (χ2n) is 5.99. The van der Waals surface area contributed by atoms with Crippen LogP contribution in [0.4, 0.5) is 17.3 Å². The lowest BCUT2D eigenvalue weighted by molar-refractivity contribution is 0.0597. The van der Waals surface area contributed by atoms with Gasteiger partial charge in [-0.1, -0.05) is 11.6 Å². The maximum atomic E-state index is 11.8. The minimum atomic E-state index is -0.496. The van der Waals surface area contributed by atoms with Gasteiger partial charge in [0.05, 0.1) is 24.9 Å². The van der Waals surface area contributed by atoms with Gasteiger partial charge < -0.3 is 25.9 Å². The van der Waals surface area contributed by atoms with Crippen LogP contribution < -0.4 is 15.8 Å². The Labute approximate surface area is 171 Å². The van der Waals surface area contributed by atoms with Crippen molar-refractivity contribution < 1.29 is 14.3 Å². The Bertz CT molecular complexity index is 1100. The molecule has 3 aromatic rings. The molecule has 1 heterocycles. The fourth-order valence-corrected chi connectivity index (χ4v) is 2.97. The first kappa shape index (κ1) is 20.2. The van der Waals surface area contributed by atoms with E-state index >= 15 is 0 Å². The van der Waals surface area contributed by atoms with Crippen molar-refractivity contribution in [3.63, 3.8) is 0 Å². The summed E-state index contributed by atoms with van der Waals surface area (Å²) in [6.45, 7) is 0. The molecule has 10 heteroatoms. The summed E-state index contributed by atoms with van der Waals surface area (Å²) >= 11 is 6.33. The van der Waals surface area contributed by atoms with E-state index in [1.807, 2.05) is 0 Å². The molecule has 1 aromatic heterocycles. The fraction of sp³-hybridized carbons (Fsp3) is 0.158. The molecule has 0 bridgehead atoms. The number of halogens is 1. The van der Waals surface area contributed by atoms with E-state index in [1.165, 1.54) is 14.2 Å². The van der Waals surface area contributed by atoms with Crippen LogP contribution in [-0.2, 0) is 11.8 Å². The number of aryl methyl sites for hydroxylation is 1. The Balaban J connectivity index is 1.96. The Kier molecular flexibility index (Phi) is 5.69. The molecule has 0 aliphatic rings. The smallest absolute Gasteiger partial charge is 0.341 e. The summed E-state index contributed by atoms with van der Waals surface area (Å²) in [7, 11) is 4.50. The third kappa shape index (κ3) is 3.85. The molecule has 0 saturated carbocycles. The average molecular weight is 415 g/mol. The van der Waals surface area contributed by atoms with E-state index in [9.17, 15) is 4.79 Å². The van der Waals surface area contributed by atoms with Crippen LogP contribution in [0.15, 0.2) is 30.3 Å². The van der Waals surface area contributed by atoms with Gasteiger partial charge in [-0.15, -0.1) is 5.10 Å². The molecule has 29 heavy (non-hydrogen) atoms. The number of ether oxygens (including phenoxy) is 2. The van der Waals surface area contributed by atoms with Crippen LogP contribution in [0.3, 0.4) is 0 Å². The summed E-state index contributed by atoms with van der Waals surface area (Å²) in [5.74, 6) is 0.709. The van der Waals surface area contributed by atoms with Crippen molar-refractivity contribution in [3.8, 4) is 17.1 Å². The molecule has 0 saturated heterocycles. The van der Waals surface area contributed by atoms with Gasteiger partial charge >= 0.3 is 5.97 Å². The predicted molar refractivity (Wildman–Crippen MR) is 111 cm³/mol. The number of nitrogen functional groups attached to an aromatic ring is 1. The first-order valence-corrected chi connectivity index (χ1v) is 8.80. The normalized spacial score (nSPS) is 10.5. The molecule has 2 aromatic carbocycles. The lowest BCUT2D eigenvalue weighted by atomic mass is 10.1. The number of benzene rings is 2. The number of nitrogens with one attached hydrogen (secondary N) is 2. The van der Waals surface area contributed by atoms with Gasteiger partial charge in [0.1, 0.15) is 11.3 Å². The van der Waals surface area contributed by atoms with Crippen molar-refractivity contribution in [1.29, 1.82) is 5.41 Å². The molecule has 0 aliphatic heterocycles. The van der Waals surface area contributed by atoms with Gasteiger partial charge in [0.2, 0.25) is 5.95 Å². The largest absolute Gasteiger partial charge is 0.496 e. The van der Waals surface area contributed by atoms with Gasteiger partial charge in [-0.25, -0.2) is 9.48 Å². The molecular weight excluding hydrogens is 396 g/mol. The van der Waals surface area contributed by atoms with Gasteiger partial charge in [0.25, 0.3) is 0 Å². The van der Waals surface area contributed by atoms with Crippen LogP contribution in [0.1, 0.15) is 15.9 Å². The SMILES string of the molecule is COC(=O)c1ccc(-c2nc(Nc3ccc(N)c(C=N)c3Cl)n(C)n2)cc1OC. The van der Waals surface area contributed by atoms with Gasteiger partial charge in [0, 0.05) is 30.1 Å². The van der Waals surface area contributed by atoms with Gasteiger partial charge in [-0.2, -0.15) is 4.98 Å². The number of anilines is 3. The van der Waals surface area contributed by atoms with E-state index in [1.54, 1.807) is 42.1 Å². The molecule has 0 radical (unpaired) electrons. The third-order valence-corrected chi connectivity index (χ3v) is 4.64. The molecule has 0 unspecified atom stereocenters. The molecular formula is C19H19ClN6O3. The zero-order chi connectivity index (χ0) is 21.1. The lowest BCUT2D eigenvalue weighted by Gasteiger charge is -2.10. The summed E-state index contributed by atoms with van der Waals surface area (Å²) in [6.07, 6.45) is 1.10. The highest BCUT2D eigenvalue weighted by Crippen LogP contribution is 2.32. The number of carbonyl (C=O) groups excluding carboxylic acids is 1. The van der Waals surface area contributed by atoms with E-state index in [0.29, 0.717) is 50.6 Å². The average Bonchev–Trinajstić information content (AvgIpc) is 3.09. The highest BCUT2D eigenvalue weighted by molar-refractivity contribution is 6.36. The van der Waals surface area contributed by atoms with E-state index in [-0.39, 0.29) is 0 Å². The Morgan fingerprint density at radius 3 is 2.72 bits per heavy atom. The summed E-state index contributed by atoms with van der Waals surface area (Å²) in [5, 5.41) is 15.3. The van der Waals surface area contributed by atoms with Crippen molar-refractivity contribution in [2.24, 2.45) is 7.05 Å².